The van der Waals surface area contributed by atoms with Gasteiger partial charge in [-0.25, -0.2) is 14.6 Å². The van der Waals surface area contributed by atoms with Gasteiger partial charge in [0.2, 0.25) is 0 Å². The van der Waals surface area contributed by atoms with Crippen LogP contribution in [0, 0.1) is 5.92 Å². The molecular weight excluding hydrogens is 384 g/mol. The van der Waals surface area contributed by atoms with E-state index in [-0.39, 0.29) is 30.0 Å². The van der Waals surface area contributed by atoms with Gasteiger partial charge in [0.25, 0.3) is 5.56 Å². The molecule has 3 aromatic heterocycles. The zero-order valence-corrected chi connectivity index (χ0v) is 17.1. The Balaban J connectivity index is 1.74. The summed E-state index contributed by atoms with van der Waals surface area (Å²) in [5, 5.41) is 4.42. The summed E-state index contributed by atoms with van der Waals surface area (Å²) in [5.74, 6) is 0.475. The number of para-hydroxylation sites is 2. The molecule has 0 saturated carbocycles. The number of nitrogens with zero attached hydrogens (tertiary/aromatic N) is 6. The standard InChI is InChI=1S/C21H22N6O3/c1-13(2)12-30-18(28)10-15-19-20(23-9-8-22-19)21(29)27(25-15)11-17-24-14-6-4-5-7-16(14)26(17)3/h4-9,13H,10-12H2,1-3H3. The average molecular weight is 406 g/mol. The zero-order valence-electron chi connectivity index (χ0n) is 17.1. The molecule has 0 spiro atoms. The van der Waals surface area contributed by atoms with Crippen molar-refractivity contribution in [1.29, 1.82) is 0 Å². The highest BCUT2D eigenvalue weighted by atomic mass is 16.5. The number of carbonyl (C=O) groups excluding carboxylic acids is 1. The molecule has 0 atom stereocenters. The minimum Gasteiger partial charge on any atom is -0.465 e. The Hall–Kier alpha value is -3.62. The first-order valence-electron chi connectivity index (χ1n) is 9.70. The molecule has 3 heterocycles. The van der Waals surface area contributed by atoms with Crippen LogP contribution in [0.1, 0.15) is 25.4 Å². The van der Waals surface area contributed by atoms with Crippen LogP contribution in [0.2, 0.25) is 0 Å². The van der Waals surface area contributed by atoms with Crippen LogP contribution in [0.5, 0.6) is 0 Å². The number of aromatic nitrogens is 6. The number of esters is 1. The third-order valence-corrected chi connectivity index (χ3v) is 4.71. The second kappa shape index (κ2) is 8.02. The fourth-order valence-corrected chi connectivity index (χ4v) is 3.21. The van der Waals surface area contributed by atoms with Gasteiger partial charge in [-0.15, -0.1) is 0 Å². The molecule has 0 bridgehead atoms. The third-order valence-electron chi connectivity index (χ3n) is 4.71. The number of rotatable bonds is 6. The highest BCUT2D eigenvalue weighted by Gasteiger charge is 2.18. The van der Waals surface area contributed by atoms with E-state index in [1.807, 2.05) is 49.7 Å². The van der Waals surface area contributed by atoms with Crippen LogP contribution in [0.4, 0.5) is 0 Å². The summed E-state index contributed by atoms with van der Waals surface area (Å²) >= 11 is 0. The summed E-state index contributed by atoms with van der Waals surface area (Å²) < 4.78 is 8.47. The lowest BCUT2D eigenvalue weighted by atomic mass is 10.2. The second-order valence-corrected chi connectivity index (χ2v) is 7.49. The van der Waals surface area contributed by atoms with Crippen LogP contribution in [-0.2, 0) is 29.5 Å². The summed E-state index contributed by atoms with van der Waals surface area (Å²) in [6.07, 6.45) is 2.83. The van der Waals surface area contributed by atoms with Gasteiger partial charge in [0.15, 0.2) is 5.52 Å². The lowest BCUT2D eigenvalue weighted by Gasteiger charge is -2.11. The van der Waals surface area contributed by atoms with Gasteiger partial charge in [-0.05, 0) is 18.1 Å². The molecule has 30 heavy (non-hydrogen) atoms. The number of hydrogen-bond acceptors (Lipinski definition) is 7. The lowest BCUT2D eigenvalue weighted by Crippen LogP contribution is -2.28. The summed E-state index contributed by atoms with van der Waals surface area (Å²) in [5.41, 5.74) is 2.23. The maximum Gasteiger partial charge on any atom is 0.312 e. The molecule has 0 aliphatic rings. The molecule has 0 fully saturated rings. The van der Waals surface area contributed by atoms with Gasteiger partial charge in [0, 0.05) is 19.4 Å². The predicted molar refractivity (Wildman–Crippen MR) is 111 cm³/mol. The minimum absolute atomic E-state index is 0.0925. The number of ether oxygens (including phenoxy) is 1. The first-order chi connectivity index (χ1) is 14.4. The van der Waals surface area contributed by atoms with E-state index in [2.05, 4.69) is 20.1 Å². The van der Waals surface area contributed by atoms with E-state index in [1.54, 1.807) is 0 Å². The first kappa shape index (κ1) is 19.7. The molecular formula is C21H22N6O3. The monoisotopic (exact) mass is 406 g/mol. The van der Waals surface area contributed by atoms with Crippen molar-refractivity contribution in [2.75, 3.05) is 6.61 Å². The fraction of sp³-hybridized carbons (Fsp3) is 0.333. The maximum atomic E-state index is 13.0. The van der Waals surface area contributed by atoms with Gasteiger partial charge in [-0.3, -0.25) is 14.6 Å². The average Bonchev–Trinajstić information content (AvgIpc) is 3.05. The molecule has 0 aliphatic heterocycles. The Morgan fingerprint density at radius 3 is 2.60 bits per heavy atom. The molecule has 0 radical (unpaired) electrons. The first-order valence-corrected chi connectivity index (χ1v) is 9.70. The van der Waals surface area contributed by atoms with Crippen molar-refractivity contribution < 1.29 is 9.53 Å². The molecule has 4 rings (SSSR count). The van der Waals surface area contributed by atoms with Gasteiger partial charge in [-0.2, -0.15) is 5.10 Å². The molecule has 0 aliphatic carbocycles. The van der Waals surface area contributed by atoms with E-state index >= 15 is 0 Å². The van der Waals surface area contributed by atoms with Gasteiger partial charge in [0.05, 0.1) is 24.1 Å². The van der Waals surface area contributed by atoms with Crippen molar-refractivity contribution in [2.24, 2.45) is 13.0 Å². The van der Waals surface area contributed by atoms with Crippen molar-refractivity contribution in [3.8, 4) is 0 Å². The molecule has 0 saturated heterocycles. The molecule has 4 aromatic rings. The number of aryl methyl sites for hydroxylation is 1. The topological polar surface area (TPSA) is 105 Å². The largest absolute Gasteiger partial charge is 0.465 e. The Labute approximate surface area is 172 Å². The third kappa shape index (κ3) is 3.78. The van der Waals surface area contributed by atoms with Crippen LogP contribution in [0.25, 0.3) is 22.1 Å². The van der Waals surface area contributed by atoms with Crippen LogP contribution < -0.4 is 5.56 Å². The minimum atomic E-state index is -0.420. The predicted octanol–water partition coefficient (Wildman–Crippen LogP) is 1.86. The Morgan fingerprint density at radius 2 is 1.87 bits per heavy atom. The highest BCUT2D eigenvalue weighted by molar-refractivity contribution is 5.81. The number of benzene rings is 1. The van der Waals surface area contributed by atoms with Crippen molar-refractivity contribution in [2.45, 2.75) is 26.8 Å². The van der Waals surface area contributed by atoms with E-state index in [0.717, 1.165) is 11.0 Å². The quantitative estimate of drug-likeness (QED) is 0.450. The Bertz CT molecular complexity index is 1290. The second-order valence-electron chi connectivity index (χ2n) is 7.49. The summed E-state index contributed by atoms with van der Waals surface area (Å²) in [6.45, 7) is 4.39. The van der Waals surface area contributed by atoms with E-state index in [1.165, 1.54) is 17.1 Å². The maximum absolute atomic E-state index is 13.0. The van der Waals surface area contributed by atoms with E-state index in [0.29, 0.717) is 23.6 Å². The van der Waals surface area contributed by atoms with Crippen molar-refractivity contribution >= 4 is 28.0 Å². The van der Waals surface area contributed by atoms with Crippen LogP contribution in [-0.4, -0.2) is 41.9 Å². The summed E-state index contributed by atoms with van der Waals surface area (Å²) in [4.78, 5) is 38.2. The molecule has 0 unspecified atom stereocenters. The van der Waals surface area contributed by atoms with Crippen LogP contribution >= 0.6 is 0 Å². The van der Waals surface area contributed by atoms with Crippen molar-refractivity contribution in [1.82, 2.24) is 29.3 Å². The summed E-state index contributed by atoms with van der Waals surface area (Å²) in [7, 11) is 1.89. The normalized spacial score (nSPS) is 11.5. The van der Waals surface area contributed by atoms with Gasteiger partial charge < -0.3 is 9.30 Å². The molecule has 9 heteroatoms. The van der Waals surface area contributed by atoms with Crippen molar-refractivity contribution in [3.05, 3.63) is 58.5 Å². The van der Waals surface area contributed by atoms with Crippen LogP contribution in [0.3, 0.4) is 0 Å². The molecule has 0 N–H and O–H groups in total. The van der Waals surface area contributed by atoms with E-state index < -0.39 is 5.97 Å². The smallest absolute Gasteiger partial charge is 0.312 e. The lowest BCUT2D eigenvalue weighted by molar-refractivity contribution is -0.143. The summed E-state index contributed by atoms with van der Waals surface area (Å²) in [6, 6.07) is 7.72. The zero-order chi connectivity index (χ0) is 21.3. The molecule has 154 valence electrons. The van der Waals surface area contributed by atoms with Gasteiger partial charge >= 0.3 is 5.97 Å². The SMILES string of the molecule is CC(C)COC(=O)Cc1nn(Cc2nc3ccccc3n2C)c(=O)c2nccnc12. The van der Waals surface area contributed by atoms with Gasteiger partial charge in [-0.1, -0.05) is 26.0 Å². The number of imidazole rings is 1. The van der Waals surface area contributed by atoms with Gasteiger partial charge in [0.1, 0.15) is 23.6 Å². The van der Waals surface area contributed by atoms with Crippen molar-refractivity contribution in [3.63, 3.8) is 0 Å². The number of hydrogen-bond donors (Lipinski definition) is 0. The van der Waals surface area contributed by atoms with E-state index in [9.17, 15) is 9.59 Å². The molecule has 9 nitrogen and oxygen atoms in total. The Kier molecular flexibility index (Phi) is 5.26. The van der Waals surface area contributed by atoms with E-state index in [4.69, 9.17) is 4.74 Å². The highest BCUT2D eigenvalue weighted by Crippen LogP contribution is 2.15. The number of carbonyl (C=O) groups is 1. The van der Waals surface area contributed by atoms with Crippen LogP contribution in [0.15, 0.2) is 41.5 Å². The fourth-order valence-electron chi connectivity index (χ4n) is 3.21. The Morgan fingerprint density at radius 1 is 1.13 bits per heavy atom. The number of fused-ring (bicyclic) bond motifs is 2. The molecule has 1 aromatic carbocycles. The molecule has 0 amide bonds.